The van der Waals surface area contributed by atoms with Crippen LogP contribution in [0.1, 0.15) is 11.1 Å². The van der Waals surface area contributed by atoms with E-state index in [1.54, 1.807) is 0 Å². The van der Waals surface area contributed by atoms with Crippen LogP contribution in [0.4, 0.5) is 4.79 Å². The van der Waals surface area contributed by atoms with E-state index in [0.717, 1.165) is 21.9 Å². The zero-order chi connectivity index (χ0) is 12.3. The molecule has 2 aromatic carbocycles. The molecule has 1 spiro atoms. The highest BCUT2D eigenvalue weighted by Gasteiger charge is 2.51. The summed E-state index contributed by atoms with van der Waals surface area (Å²) < 4.78 is 0. The Morgan fingerprint density at radius 3 is 2.56 bits per heavy atom. The second-order valence-corrected chi connectivity index (χ2v) is 4.81. The molecular weight excluding hydrogens is 228 g/mol. The van der Waals surface area contributed by atoms with Crippen molar-refractivity contribution in [3.8, 4) is 0 Å². The molecule has 0 radical (unpaired) electrons. The molecule has 1 aliphatic heterocycles. The highest BCUT2D eigenvalue weighted by Crippen LogP contribution is 2.42. The fourth-order valence-corrected chi connectivity index (χ4v) is 3.11. The number of fused-ring (bicyclic) bond motifs is 1. The Balaban J connectivity index is 2.08. The van der Waals surface area contributed by atoms with Crippen LogP contribution in [0.5, 0.6) is 0 Å². The van der Waals surface area contributed by atoms with E-state index in [2.05, 4.69) is 10.6 Å². The van der Waals surface area contributed by atoms with Crippen molar-refractivity contribution in [2.45, 2.75) is 12.0 Å². The second kappa shape index (κ2) is 2.90. The van der Waals surface area contributed by atoms with E-state index in [0.29, 0.717) is 6.42 Å². The maximum Gasteiger partial charge on any atom is 0.322 e. The van der Waals surface area contributed by atoms with Crippen molar-refractivity contribution in [2.75, 3.05) is 0 Å². The topological polar surface area (TPSA) is 58.2 Å². The Hall–Kier alpha value is -2.36. The van der Waals surface area contributed by atoms with Crippen LogP contribution >= 0.6 is 0 Å². The monoisotopic (exact) mass is 238 g/mol. The fourth-order valence-electron chi connectivity index (χ4n) is 3.11. The fraction of sp³-hybridized carbons (Fsp3) is 0.143. The SMILES string of the molecule is O=C1NC(=O)C2(Cc3cccc4cccc2c34)N1. The van der Waals surface area contributed by atoms with Crippen LogP contribution < -0.4 is 10.6 Å². The predicted molar refractivity (Wildman–Crippen MR) is 66.0 cm³/mol. The molecule has 1 fully saturated rings. The third-order valence-electron chi connectivity index (χ3n) is 3.85. The minimum atomic E-state index is -0.902. The number of nitrogens with one attached hydrogen (secondary N) is 2. The molecule has 2 aliphatic rings. The summed E-state index contributed by atoms with van der Waals surface area (Å²) in [5, 5.41) is 7.33. The number of benzene rings is 2. The van der Waals surface area contributed by atoms with Gasteiger partial charge in [-0.25, -0.2) is 4.79 Å². The summed E-state index contributed by atoms with van der Waals surface area (Å²) in [4.78, 5) is 23.6. The first-order valence-corrected chi connectivity index (χ1v) is 5.85. The summed E-state index contributed by atoms with van der Waals surface area (Å²) in [7, 11) is 0. The Bertz CT molecular complexity index is 718. The van der Waals surface area contributed by atoms with Gasteiger partial charge in [0.05, 0.1) is 0 Å². The van der Waals surface area contributed by atoms with Crippen molar-refractivity contribution in [3.05, 3.63) is 47.5 Å². The number of carbonyl (C=O) groups is 2. The molecule has 2 N–H and O–H groups in total. The number of carbonyl (C=O) groups excluding carboxylic acids is 2. The van der Waals surface area contributed by atoms with E-state index in [-0.39, 0.29) is 5.91 Å². The second-order valence-electron chi connectivity index (χ2n) is 4.81. The number of imide groups is 1. The first-order valence-electron chi connectivity index (χ1n) is 5.85. The van der Waals surface area contributed by atoms with Crippen LogP contribution in [-0.2, 0) is 16.8 Å². The Morgan fingerprint density at radius 2 is 1.83 bits per heavy atom. The van der Waals surface area contributed by atoms with E-state index < -0.39 is 11.6 Å². The largest absolute Gasteiger partial charge is 0.322 e. The van der Waals surface area contributed by atoms with Gasteiger partial charge in [0.15, 0.2) is 5.54 Å². The maximum atomic E-state index is 12.1. The van der Waals surface area contributed by atoms with E-state index in [4.69, 9.17) is 0 Å². The minimum Gasteiger partial charge on any atom is -0.319 e. The Labute approximate surface area is 103 Å². The summed E-state index contributed by atoms with van der Waals surface area (Å²) in [6, 6.07) is 11.5. The number of hydrogen-bond donors (Lipinski definition) is 2. The third kappa shape index (κ3) is 0.960. The average molecular weight is 238 g/mol. The van der Waals surface area contributed by atoms with Crippen LogP contribution in [0.25, 0.3) is 10.8 Å². The Kier molecular flexibility index (Phi) is 1.56. The van der Waals surface area contributed by atoms with Gasteiger partial charge >= 0.3 is 6.03 Å². The zero-order valence-electron chi connectivity index (χ0n) is 9.49. The summed E-state index contributed by atoms with van der Waals surface area (Å²) in [5.41, 5.74) is 1.11. The molecule has 88 valence electrons. The molecule has 18 heavy (non-hydrogen) atoms. The lowest BCUT2D eigenvalue weighted by molar-refractivity contribution is -0.124. The van der Waals surface area contributed by atoms with Gasteiger partial charge in [-0.15, -0.1) is 0 Å². The molecule has 1 saturated heterocycles. The van der Waals surface area contributed by atoms with Crippen LogP contribution in [-0.4, -0.2) is 11.9 Å². The molecule has 2 aromatic rings. The van der Waals surface area contributed by atoms with Crippen LogP contribution in [0.3, 0.4) is 0 Å². The van der Waals surface area contributed by atoms with E-state index in [1.807, 2.05) is 36.4 Å². The van der Waals surface area contributed by atoms with Crippen molar-refractivity contribution in [2.24, 2.45) is 0 Å². The molecule has 1 unspecified atom stereocenters. The standard InChI is InChI=1S/C14H10N2O2/c17-12-14(16-13(18)15-12)7-9-5-1-3-8-4-2-6-10(14)11(8)9/h1-6H,7H2,(H2,15,16,17,18). The first-order chi connectivity index (χ1) is 8.71. The van der Waals surface area contributed by atoms with Crippen molar-refractivity contribution in [1.29, 1.82) is 0 Å². The van der Waals surface area contributed by atoms with Crippen LogP contribution in [0.15, 0.2) is 36.4 Å². The van der Waals surface area contributed by atoms with Gasteiger partial charge in [0.2, 0.25) is 0 Å². The van der Waals surface area contributed by atoms with E-state index in [1.165, 1.54) is 0 Å². The molecule has 4 rings (SSSR count). The van der Waals surface area contributed by atoms with Gasteiger partial charge in [0, 0.05) is 6.42 Å². The summed E-state index contributed by atoms with van der Waals surface area (Å²) >= 11 is 0. The minimum absolute atomic E-state index is 0.254. The van der Waals surface area contributed by atoms with E-state index >= 15 is 0 Å². The zero-order valence-corrected chi connectivity index (χ0v) is 9.49. The van der Waals surface area contributed by atoms with E-state index in [9.17, 15) is 9.59 Å². The molecule has 1 atom stereocenters. The molecule has 1 heterocycles. The lowest BCUT2D eigenvalue weighted by Gasteiger charge is -2.21. The lowest BCUT2D eigenvalue weighted by atomic mass is 9.91. The molecular formula is C14H10N2O2. The van der Waals surface area contributed by atoms with Crippen molar-refractivity contribution in [1.82, 2.24) is 10.6 Å². The van der Waals surface area contributed by atoms with Gasteiger partial charge in [-0.3, -0.25) is 10.1 Å². The maximum absolute atomic E-state index is 12.1. The quantitative estimate of drug-likeness (QED) is 0.682. The highest BCUT2D eigenvalue weighted by atomic mass is 16.2. The predicted octanol–water partition coefficient (Wildman–Crippen LogP) is 1.43. The smallest absolute Gasteiger partial charge is 0.319 e. The van der Waals surface area contributed by atoms with Crippen molar-refractivity contribution in [3.63, 3.8) is 0 Å². The average Bonchev–Trinajstić information content (AvgIpc) is 2.82. The molecule has 4 heteroatoms. The molecule has 1 aliphatic carbocycles. The number of urea groups is 1. The molecule has 3 amide bonds. The van der Waals surface area contributed by atoms with Gasteiger partial charge in [-0.2, -0.15) is 0 Å². The highest BCUT2D eigenvalue weighted by molar-refractivity contribution is 6.11. The molecule has 4 nitrogen and oxygen atoms in total. The van der Waals surface area contributed by atoms with Gasteiger partial charge in [0.25, 0.3) is 5.91 Å². The van der Waals surface area contributed by atoms with Gasteiger partial charge in [0.1, 0.15) is 0 Å². The van der Waals surface area contributed by atoms with Gasteiger partial charge < -0.3 is 5.32 Å². The van der Waals surface area contributed by atoms with Crippen molar-refractivity contribution >= 4 is 22.7 Å². The van der Waals surface area contributed by atoms with Crippen LogP contribution in [0, 0.1) is 0 Å². The van der Waals surface area contributed by atoms with Crippen molar-refractivity contribution < 1.29 is 9.59 Å². The third-order valence-corrected chi connectivity index (χ3v) is 3.85. The lowest BCUT2D eigenvalue weighted by Crippen LogP contribution is -2.43. The normalized spacial score (nSPS) is 24.7. The van der Waals surface area contributed by atoms with Crippen LogP contribution in [0.2, 0.25) is 0 Å². The summed E-state index contributed by atoms with van der Waals surface area (Å²) in [6.45, 7) is 0. The molecule has 0 saturated carbocycles. The number of rotatable bonds is 0. The molecule has 0 bridgehead atoms. The summed E-state index contributed by atoms with van der Waals surface area (Å²) in [5.74, 6) is -0.254. The number of hydrogen-bond acceptors (Lipinski definition) is 2. The number of amides is 3. The molecule has 0 aromatic heterocycles. The summed E-state index contributed by atoms with van der Waals surface area (Å²) in [6.07, 6.45) is 0.529. The first kappa shape index (κ1) is 9.65. The Morgan fingerprint density at radius 1 is 1.06 bits per heavy atom. The van der Waals surface area contributed by atoms with Gasteiger partial charge in [-0.05, 0) is 21.9 Å². The van der Waals surface area contributed by atoms with Gasteiger partial charge in [-0.1, -0.05) is 36.4 Å².